The number of hydrogen-bond acceptors (Lipinski definition) is 3. The van der Waals surface area contributed by atoms with E-state index in [4.69, 9.17) is 11.6 Å². The van der Waals surface area contributed by atoms with Gasteiger partial charge in [0.15, 0.2) is 5.78 Å². The molecule has 4 rings (SSSR count). The highest BCUT2D eigenvalue weighted by Gasteiger charge is 2.18. The smallest absolute Gasteiger partial charge is 0.259 e. The Morgan fingerprint density at radius 2 is 1.97 bits per heavy atom. The number of fused-ring (bicyclic) bond motifs is 1. The summed E-state index contributed by atoms with van der Waals surface area (Å²) in [5.41, 5.74) is 3.08. The highest BCUT2D eigenvalue weighted by molar-refractivity contribution is 6.31. The topological polar surface area (TPSA) is 62.0 Å². The van der Waals surface area contributed by atoms with Crippen LogP contribution in [-0.2, 0) is 6.42 Å². The van der Waals surface area contributed by atoms with Crippen LogP contribution >= 0.6 is 11.6 Å². The summed E-state index contributed by atoms with van der Waals surface area (Å²) in [6.07, 6.45) is 9.31. The molecule has 29 heavy (non-hydrogen) atoms. The molecule has 0 radical (unpaired) electrons. The molecule has 0 saturated heterocycles. The van der Waals surface area contributed by atoms with E-state index in [1.54, 1.807) is 24.3 Å². The Hall–Kier alpha value is -3.37. The molecule has 2 aromatic carbocycles. The van der Waals surface area contributed by atoms with Gasteiger partial charge in [-0.25, -0.2) is 0 Å². The summed E-state index contributed by atoms with van der Waals surface area (Å²) in [6.45, 7) is 0.640. The Labute approximate surface area is 173 Å². The van der Waals surface area contributed by atoms with Gasteiger partial charge in [0.25, 0.3) is 5.56 Å². The Balaban J connectivity index is 1.84. The molecule has 144 valence electrons. The number of dihydropyridines is 1. The second kappa shape index (κ2) is 8.33. The summed E-state index contributed by atoms with van der Waals surface area (Å²) in [5, 5.41) is 4.42. The number of halogens is 1. The van der Waals surface area contributed by atoms with E-state index in [2.05, 4.69) is 10.3 Å². The van der Waals surface area contributed by atoms with Crippen molar-refractivity contribution >= 4 is 28.3 Å². The number of rotatable bonds is 5. The van der Waals surface area contributed by atoms with Gasteiger partial charge < -0.3 is 10.3 Å². The number of ketones is 1. The first-order valence-electron chi connectivity index (χ1n) is 9.31. The average Bonchev–Trinajstić information content (AvgIpc) is 2.74. The third kappa shape index (κ3) is 4.23. The molecule has 0 saturated carbocycles. The maximum atomic E-state index is 13.0. The fourth-order valence-corrected chi connectivity index (χ4v) is 3.60. The molecule has 0 bridgehead atoms. The van der Waals surface area contributed by atoms with Crippen LogP contribution < -0.4 is 10.9 Å². The molecule has 0 spiro atoms. The first-order valence-corrected chi connectivity index (χ1v) is 9.69. The summed E-state index contributed by atoms with van der Waals surface area (Å²) >= 11 is 6.22. The van der Waals surface area contributed by atoms with Crippen molar-refractivity contribution in [1.82, 2.24) is 10.3 Å². The molecular weight excluding hydrogens is 384 g/mol. The largest absolute Gasteiger partial charge is 0.387 e. The molecule has 1 aromatic heterocycles. The summed E-state index contributed by atoms with van der Waals surface area (Å²) in [4.78, 5) is 28.7. The van der Waals surface area contributed by atoms with Gasteiger partial charge in [-0.05, 0) is 59.7 Å². The van der Waals surface area contributed by atoms with Gasteiger partial charge in [0.05, 0.1) is 5.56 Å². The maximum Gasteiger partial charge on any atom is 0.259 e. The van der Waals surface area contributed by atoms with E-state index in [0.717, 1.165) is 16.5 Å². The van der Waals surface area contributed by atoms with Gasteiger partial charge in [0.1, 0.15) is 0 Å². The van der Waals surface area contributed by atoms with Crippen LogP contribution in [-0.4, -0.2) is 17.3 Å². The lowest BCUT2D eigenvalue weighted by Crippen LogP contribution is -2.20. The maximum absolute atomic E-state index is 13.0. The number of aromatic nitrogens is 1. The van der Waals surface area contributed by atoms with Crippen LogP contribution in [0.2, 0.25) is 5.02 Å². The number of H-pyrrole nitrogens is 1. The molecule has 0 atom stereocenters. The number of allylic oxidation sites excluding steroid dienone is 3. The zero-order valence-corrected chi connectivity index (χ0v) is 16.4. The van der Waals surface area contributed by atoms with E-state index in [0.29, 0.717) is 29.1 Å². The number of benzene rings is 2. The van der Waals surface area contributed by atoms with E-state index in [1.807, 2.05) is 48.7 Å². The number of aromatic amines is 1. The Morgan fingerprint density at radius 3 is 2.72 bits per heavy atom. The molecule has 4 nitrogen and oxygen atoms in total. The average molecular weight is 403 g/mol. The van der Waals surface area contributed by atoms with Crippen LogP contribution in [0, 0.1) is 0 Å². The van der Waals surface area contributed by atoms with Crippen LogP contribution in [0.3, 0.4) is 0 Å². The lowest BCUT2D eigenvalue weighted by atomic mass is 9.94. The van der Waals surface area contributed by atoms with Crippen LogP contribution in [0.1, 0.15) is 21.5 Å². The van der Waals surface area contributed by atoms with Crippen molar-refractivity contribution < 1.29 is 4.79 Å². The fourth-order valence-electron chi connectivity index (χ4n) is 3.43. The van der Waals surface area contributed by atoms with Gasteiger partial charge in [-0.1, -0.05) is 54.1 Å². The number of pyridine rings is 1. The van der Waals surface area contributed by atoms with Gasteiger partial charge in [-0.15, -0.1) is 0 Å². The second-order valence-electron chi connectivity index (χ2n) is 6.84. The highest BCUT2D eigenvalue weighted by atomic mass is 35.5. The zero-order valence-electron chi connectivity index (χ0n) is 15.6. The summed E-state index contributed by atoms with van der Waals surface area (Å²) < 4.78 is 0. The minimum atomic E-state index is -0.393. The van der Waals surface area contributed by atoms with Crippen LogP contribution in [0.5, 0.6) is 0 Å². The minimum absolute atomic E-state index is 0.153. The monoisotopic (exact) mass is 402 g/mol. The molecule has 2 N–H and O–H groups in total. The third-order valence-corrected chi connectivity index (χ3v) is 5.07. The van der Waals surface area contributed by atoms with Crippen molar-refractivity contribution in [2.75, 3.05) is 6.54 Å². The summed E-state index contributed by atoms with van der Waals surface area (Å²) in [6, 6.07) is 15.1. The quantitative estimate of drug-likeness (QED) is 0.486. The number of carbonyl (C=O) groups is 1. The lowest BCUT2D eigenvalue weighted by molar-refractivity contribution is 0.104. The van der Waals surface area contributed by atoms with Gasteiger partial charge in [-0.2, -0.15) is 0 Å². The molecule has 5 heteroatoms. The summed E-state index contributed by atoms with van der Waals surface area (Å²) in [5.74, 6) is -0.325. The number of nitrogens with one attached hydrogen (secondary N) is 2. The molecule has 3 aromatic rings. The van der Waals surface area contributed by atoms with Gasteiger partial charge in [0.2, 0.25) is 0 Å². The van der Waals surface area contributed by atoms with Gasteiger partial charge >= 0.3 is 0 Å². The normalized spacial score (nSPS) is 13.5. The van der Waals surface area contributed by atoms with Crippen molar-refractivity contribution in [1.29, 1.82) is 0 Å². The molecule has 1 aliphatic heterocycles. The molecule has 0 aliphatic carbocycles. The van der Waals surface area contributed by atoms with Crippen LogP contribution in [0.15, 0.2) is 89.4 Å². The van der Waals surface area contributed by atoms with Gasteiger partial charge in [-0.3, -0.25) is 9.59 Å². The van der Waals surface area contributed by atoms with Gasteiger partial charge in [0, 0.05) is 22.5 Å². The summed E-state index contributed by atoms with van der Waals surface area (Å²) in [7, 11) is 0. The Morgan fingerprint density at radius 1 is 1.14 bits per heavy atom. The third-order valence-electron chi connectivity index (χ3n) is 4.83. The molecule has 0 unspecified atom stereocenters. The van der Waals surface area contributed by atoms with Crippen LogP contribution in [0.4, 0.5) is 0 Å². The molecular formula is C24H19ClN2O2. The molecule has 1 aliphatic rings. The number of carbonyl (C=O) groups excluding carboxylic acids is 1. The van der Waals surface area contributed by atoms with Crippen molar-refractivity contribution in [3.05, 3.63) is 117 Å². The SMILES string of the molecule is O=C(/C=C/C1=CC=CNC1)c1c(Cc2ccccc2)c2cc(Cl)ccc2[nH]c1=O. The van der Waals surface area contributed by atoms with E-state index in [1.165, 1.54) is 6.08 Å². The Bertz CT molecular complexity index is 1220. The molecule has 0 amide bonds. The predicted molar refractivity (Wildman–Crippen MR) is 118 cm³/mol. The number of hydrogen-bond donors (Lipinski definition) is 2. The highest BCUT2D eigenvalue weighted by Crippen LogP contribution is 2.25. The first-order chi connectivity index (χ1) is 14.1. The minimum Gasteiger partial charge on any atom is -0.387 e. The standard InChI is InChI=1S/C24H19ClN2O2/c25-18-9-10-21-19(14-18)20(13-16-5-2-1-3-6-16)23(24(29)27-21)22(28)11-8-17-7-4-12-26-15-17/h1-12,14,26H,13,15H2,(H,27,29)/b11-8+. The first kappa shape index (κ1) is 19.0. The van der Waals surface area contributed by atoms with Crippen molar-refractivity contribution in [3.8, 4) is 0 Å². The predicted octanol–water partition coefficient (Wildman–Crippen LogP) is 4.55. The van der Waals surface area contributed by atoms with E-state index >= 15 is 0 Å². The second-order valence-corrected chi connectivity index (χ2v) is 7.28. The van der Waals surface area contributed by atoms with E-state index in [9.17, 15) is 9.59 Å². The molecule has 0 fully saturated rings. The fraction of sp³-hybridized carbons (Fsp3) is 0.0833. The van der Waals surface area contributed by atoms with Crippen molar-refractivity contribution in [3.63, 3.8) is 0 Å². The lowest BCUT2D eigenvalue weighted by Gasteiger charge is -2.12. The van der Waals surface area contributed by atoms with Crippen molar-refractivity contribution in [2.24, 2.45) is 0 Å². The zero-order chi connectivity index (χ0) is 20.2. The molecule has 2 heterocycles. The van der Waals surface area contributed by atoms with E-state index in [-0.39, 0.29) is 11.3 Å². The Kier molecular flexibility index (Phi) is 5.45. The van der Waals surface area contributed by atoms with Crippen molar-refractivity contribution in [2.45, 2.75) is 6.42 Å². The van der Waals surface area contributed by atoms with E-state index < -0.39 is 5.56 Å². The van der Waals surface area contributed by atoms with Crippen LogP contribution in [0.25, 0.3) is 10.9 Å².